The van der Waals surface area contributed by atoms with Gasteiger partial charge in [0.05, 0.1) is 6.04 Å². The van der Waals surface area contributed by atoms with Crippen LogP contribution < -0.4 is 5.32 Å². The molecule has 0 aromatic carbocycles. The number of aromatic nitrogens is 4. The fourth-order valence-corrected chi connectivity index (χ4v) is 2.76. The van der Waals surface area contributed by atoms with Crippen molar-refractivity contribution in [3.63, 3.8) is 0 Å². The summed E-state index contributed by atoms with van der Waals surface area (Å²) < 4.78 is 1.99. The Morgan fingerprint density at radius 1 is 1.47 bits per heavy atom. The predicted octanol–water partition coefficient (Wildman–Crippen LogP) is 1.78. The minimum Gasteiger partial charge on any atom is -0.308 e. The molecule has 1 saturated carbocycles. The highest BCUT2D eigenvalue weighted by Crippen LogP contribution is 2.32. The summed E-state index contributed by atoms with van der Waals surface area (Å²) in [4.78, 5) is 0. The third-order valence-electron chi connectivity index (χ3n) is 3.90. The van der Waals surface area contributed by atoms with Crippen molar-refractivity contribution in [2.45, 2.75) is 52.6 Å². The SMILES string of the molecule is CCNC(C)c1nnnn1CC1CCCC1C. The van der Waals surface area contributed by atoms with E-state index < -0.39 is 0 Å². The molecule has 0 spiro atoms. The first-order valence-electron chi connectivity index (χ1n) is 6.71. The van der Waals surface area contributed by atoms with Gasteiger partial charge in [-0.05, 0) is 42.2 Å². The summed E-state index contributed by atoms with van der Waals surface area (Å²) in [5.41, 5.74) is 0. The Balaban J connectivity index is 2.03. The highest BCUT2D eigenvalue weighted by atomic mass is 15.5. The molecule has 3 atom stereocenters. The lowest BCUT2D eigenvalue weighted by Gasteiger charge is -2.17. The lowest BCUT2D eigenvalue weighted by atomic mass is 9.98. The van der Waals surface area contributed by atoms with Crippen LogP contribution in [0.2, 0.25) is 0 Å². The van der Waals surface area contributed by atoms with E-state index in [0.29, 0.717) is 0 Å². The molecule has 5 heteroatoms. The van der Waals surface area contributed by atoms with Gasteiger partial charge in [-0.25, -0.2) is 4.68 Å². The van der Waals surface area contributed by atoms with E-state index in [-0.39, 0.29) is 6.04 Å². The first-order chi connectivity index (χ1) is 8.22. The van der Waals surface area contributed by atoms with E-state index >= 15 is 0 Å². The van der Waals surface area contributed by atoms with Crippen LogP contribution in [0.25, 0.3) is 0 Å². The van der Waals surface area contributed by atoms with Crippen LogP contribution in [0.4, 0.5) is 0 Å². The Morgan fingerprint density at radius 2 is 2.29 bits per heavy atom. The van der Waals surface area contributed by atoms with Gasteiger partial charge in [-0.1, -0.05) is 26.7 Å². The van der Waals surface area contributed by atoms with Gasteiger partial charge in [-0.3, -0.25) is 0 Å². The molecule has 0 bridgehead atoms. The van der Waals surface area contributed by atoms with E-state index in [1.807, 2.05) is 4.68 Å². The molecule has 3 unspecified atom stereocenters. The molecule has 1 aliphatic carbocycles. The van der Waals surface area contributed by atoms with E-state index in [9.17, 15) is 0 Å². The van der Waals surface area contributed by atoms with Crippen molar-refractivity contribution >= 4 is 0 Å². The minimum atomic E-state index is 0.228. The summed E-state index contributed by atoms with van der Waals surface area (Å²) >= 11 is 0. The lowest BCUT2D eigenvalue weighted by Crippen LogP contribution is -2.24. The average Bonchev–Trinajstić information content (AvgIpc) is 2.90. The second kappa shape index (κ2) is 5.58. The number of nitrogens with zero attached hydrogens (tertiary/aromatic N) is 4. The number of rotatable bonds is 5. The first kappa shape index (κ1) is 12.5. The summed E-state index contributed by atoms with van der Waals surface area (Å²) in [5, 5.41) is 15.5. The lowest BCUT2D eigenvalue weighted by molar-refractivity contribution is 0.332. The van der Waals surface area contributed by atoms with Crippen LogP contribution in [0.5, 0.6) is 0 Å². The summed E-state index contributed by atoms with van der Waals surface area (Å²) in [6.07, 6.45) is 4.02. The third-order valence-corrected chi connectivity index (χ3v) is 3.90. The fraction of sp³-hybridized carbons (Fsp3) is 0.917. The predicted molar refractivity (Wildman–Crippen MR) is 66.4 cm³/mol. The van der Waals surface area contributed by atoms with E-state index in [2.05, 4.69) is 41.6 Å². The fourth-order valence-electron chi connectivity index (χ4n) is 2.76. The van der Waals surface area contributed by atoms with E-state index in [1.54, 1.807) is 0 Å². The molecule has 96 valence electrons. The van der Waals surface area contributed by atoms with Gasteiger partial charge in [0.15, 0.2) is 5.82 Å². The van der Waals surface area contributed by atoms with Crippen LogP contribution in [0, 0.1) is 11.8 Å². The number of hydrogen-bond donors (Lipinski definition) is 1. The van der Waals surface area contributed by atoms with Gasteiger partial charge in [-0.15, -0.1) is 5.10 Å². The summed E-state index contributed by atoms with van der Waals surface area (Å²) in [5.74, 6) is 2.51. The molecule has 1 aromatic rings. The molecule has 5 nitrogen and oxygen atoms in total. The zero-order valence-electron chi connectivity index (χ0n) is 11.1. The van der Waals surface area contributed by atoms with E-state index in [1.165, 1.54) is 19.3 Å². The Labute approximate surface area is 103 Å². The van der Waals surface area contributed by atoms with Crippen LogP contribution in [-0.4, -0.2) is 26.8 Å². The van der Waals surface area contributed by atoms with Crippen molar-refractivity contribution in [2.75, 3.05) is 6.54 Å². The van der Waals surface area contributed by atoms with Crippen LogP contribution in [-0.2, 0) is 6.54 Å². The molecule has 1 aliphatic rings. The zero-order chi connectivity index (χ0) is 12.3. The standard InChI is InChI=1S/C12H23N5/c1-4-13-10(3)12-14-15-16-17(12)8-11-7-5-6-9(11)2/h9-11,13H,4-8H2,1-3H3. The maximum atomic E-state index is 4.14. The molecule has 0 amide bonds. The second-order valence-electron chi connectivity index (χ2n) is 5.17. The molecule has 0 radical (unpaired) electrons. The maximum Gasteiger partial charge on any atom is 0.167 e. The highest BCUT2D eigenvalue weighted by molar-refractivity contribution is 4.90. The minimum absolute atomic E-state index is 0.228. The zero-order valence-corrected chi connectivity index (χ0v) is 11.1. The van der Waals surface area contributed by atoms with Crippen LogP contribution in [0.15, 0.2) is 0 Å². The van der Waals surface area contributed by atoms with Crippen LogP contribution in [0.1, 0.15) is 51.9 Å². The molecule has 1 aromatic heterocycles. The van der Waals surface area contributed by atoms with Gasteiger partial charge in [0, 0.05) is 6.54 Å². The second-order valence-corrected chi connectivity index (χ2v) is 5.17. The van der Waals surface area contributed by atoms with Crippen molar-refractivity contribution in [2.24, 2.45) is 11.8 Å². The molecule has 1 N–H and O–H groups in total. The normalized spacial score (nSPS) is 26.3. The molecule has 1 fully saturated rings. The third kappa shape index (κ3) is 2.83. The van der Waals surface area contributed by atoms with Gasteiger partial charge < -0.3 is 5.32 Å². The Kier molecular flexibility index (Phi) is 4.10. The molecular formula is C12H23N5. The number of nitrogens with one attached hydrogen (secondary N) is 1. The van der Waals surface area contributed by atoms with E-state index in [4.69, 9.17) is 0 Å². The highest BCUT2D eigenvalue weighted by Gasteiger charge is 2.25. The summed E-state index contributed by atoms with van der Waals surface area (Å²) in [6.45, 7) is 8.47. The Morgan fingerprint density at radius 3 is 2.94 bits per heavy atom. The Bertz CT molecular complexity index is 348. The quantitative estimate of drug-likeness (QED) is 0.848. The van der Waals surface area contributed by atoms with Crippen LogP contribution >= 0.6 is 0 Å². The molecule has 0 aliphatic heterocycles. The molecular weight excluding hydrogens is 214 g/mol. The van der Waals surface area contributed by atoms with Gasteiger partial charge in [0.25, 0.3) is 0 Å². The summed E-state index contributed by atoms with van der Waals surface area (Å²) in [6, 6.07) is 0.228. The van der Waals surface area contributed by atoms with Gasteiger partial charge in [0.1, 0.15) is 0 Å². The van der Waals surface area contributed by atoms with Crippen molar-refractivity contribution in [1.82, 2.24) is 25.5 Å². The molecule has 0 saturated heterocycles. The number of hydrogen-bond acceptors (Lipinski definition) is 4. The van der Waals surface area contributed by atoms with Gasteiger partial charge in [0.2, 0.25) is 0 Å². The Hall–Kier alpha value is -0.970. The smallest absolute Gasteiger partial charge is 0.167 e. The molecule has 2 rings (SSSR count). The monoisotopic (exact) mass is 237 g/mol. The number of tetrazole rings is 1. The van der Waals surface area contributed by atoms with Crippen molar-refractivity contribution < 1.29 is 0 Å². The van der Waals surface area contributed by atoms with Crippen molar-refractivity contribution in [3.8, 4) is 0 Å². The molecule has 1 heterocycles. The summed E-state index contributed by atoms with van der Waals surface area (Å²) in [7, 11) is 0. The average molecular weight is 237 g/mol. The maximum absolute atomic E-state index is 4.14. The van der Waals surface area contributed by atoms with Crippen molar-refractivity contribution in [1.29, 1.82) is 0 Å². The largest absolute Gasteiger partial charge is 0.308 e. The van der Waals surface area contributed by atoms with Gasteiger partial charge >= 0.3 is 0 Å². The molecule has 17 heavy (non-hydrogen) atoms. The van der Waals surface area contributed by atoms with Crippen LogP contribution in [0.3, 0.4) is 0 Å². The van der Waals surface area contributed by atoms with Crippen molar-refractivity contribution in [3.05, 3.63) is 5.82 Å². The van der Waals surface area contributed by atoms with Gasteiger partial charge in [-0.2, -0.15) is 0 Å². The van der Waals surface area contributed by atoms with E-state index in [0.717, 1.165) is 30.7 Å². The first-order valence-corrected chi connectivity index (χ1v) is 6.71. The topological polar surface area (TPSA) is 55.6 Å².